The Hall–Kier alpha value is -2.42. The van der Waals surface area contributed by atoms with Gasteiger partial charge in [0.25, 0.3) is 5.91 Å². The highest BCUT2D eigenvalue weighted by atomic mass is 35.5. The fourth-order valence-electron chi connectivity index (χ4n) is 2.88. The van der Waals surface area contributed by atoms with Crippen LogP contribution < -0.4 is 5.32 Å². The highest BCUT2D eigenvalue weighted by Gasteiger charge is 2.38. The third-order valence-corrected chi connectivity index (χ3v) is 5.06. The number of nitrogens with zero attached hydrogens (tertiary/aromatic N) is 1. The van der Waals surface area contributed by atoms with Crippen molar-refractivity contribution in [2.24, 2.45) is 0 Å². The molecule has 0 bridgehead atoms. The summed E-state index contributed by atoms with van der Waals surface area (Å²) in [5, 5.41) is 2.05. The van der Waals surface area contributed by atoms with E-state index in [1.165, 1.54) is 30.3 Å². The second kappa shape index (κ2) is 9.21. The van der Waals surface area contributed by atoms with Gasteiger partial charge in [-0.05, 0) is 42.0 Å². The van der Waals surface area contributed by atoms with Gasteiger partial charge >= 0.3 is 12.1 Å². The molecule has 1 heterocycles. The molecule has 0 aliphatic rings. The molecule has 0 unspecified atom stereocenters. The summed E-state index contributed by atoms with van der Waals surface area (Å²) in [6.45, 7) is -1.31. The van der Waals surface area contributed by atoms with E-state index in [1.807, 2.05) is 5.32 Å². The minimum Gasteiger partial charge on any atom is -0.346 e. The van der Waals surface area contributed by atoms with Crippen LogP contribution >= 0.6 is 34.8 Å². The largest absolute Gasteiger partial charge is 0.417 e. The number of amides is 1. The molecule has 1 amide bonds. The summed E-state index contributed by atoms with van der Waals surface area (Å²) in [6.07, 6.45) is -3.70. The smallest absolute Gasteiger partial charge is 0.346 e. The molecule has 0 aliphatic heterocycles. The molecular weight excluding hydrogens is 498 g/mol. The van der Waals surface area contributed by atoms with E-state index in [0.29, 0.717) is 27.2 Å². The second-order valence-corrected chi connectivity index (χ2v) is 7.92. The van der Waals surface area contributed by atoms with Crippen molar-refractivity contribution in [1.82, 2.24) is 10.3 Å². The Balaban J connectivity index is 1.81. The number of alkyl halides is 5. The molecular formula is C21H12Cl3F5N2O. The van der Waals surface area contributed by atoms with Gasteiger partial charge in [0.05, 0.1) is 22.7 Å². The summed E-state index contributed by atoms with van der Waals surface area (Å²) < 4.78 is 68.5. The minimum atomic E-state index is -4.82. The van der Waals surface area contributed by atoms with Crippen molar-refractivity contribution >= 4 is 40.7 Å². The number of pyridine rings is 1. The standard InChI is InChI=1S/C21H12Cl3F5N2O/c22-13-5-11(6-14(23)8-13)12-7-17(24)18(30-9-12)20(25,26)10-31-19(32)15-3-1-2-4-16(15)21(27,28)29/h1-9H,10H2,(H,31,32). The second-order valence-electron chi connectivity index (χ2n) is 6.64. The molecule has 1 N–H and O–H groups in total. The number of nitrogens with one attached hydrogen (secondary N) is 1. The van der Waals surface area contributed by atoms with Crippen LogP contribution in [0, 0.1) is 0 Å². The van der Waals surface area contributed by atoms with Crippen LogP contribution in [0.25, 0.3) is 11.1 Å². The van der Waals surface area contributed by atoms with Crippen LogP contribution in [0.3, 0.4) is 0 Å². The first kappa shape index (κ1) is 24.2. The highest BCUT2D eigenvalue weighted by Crippen LogP contribution is 2.35. The monoisotopic (exact) mass is 508 g/mol. The molecule has 0 fully saturated rings. The van der Waals surface area contributed by atoms with Crippen molar-refractivity contribution in [1.29, 1.82) is 0 Å². The topological polar surface area (TPSA) is 42.0 Å². The van der Waals surface area contributed by atoms with Crippen molar-refractivity contribution in [3.05, 3.63) is 86.6 Å². The number of carbonyl (C=O) groups excluding carboxylic acids is 1. The number of halogens is 8. The molecule has 0 saturated heterocycles. The lowest BCUT2D eigenvalue weighted by atomic mass is 10.1. The van der Waals surface area contributed by atoms with Crippen molar-refractivity contribution in [2.75, 3.05) is 6.54 Å². The van der Waals surface area contributed by atoms with E-state index in [0.717, 1.165) is 18.3 Å². The maximum absolute atomic E-state index is 14.7. The predicted octanol–water partition coefficient (Wildman–Crippen LogP) is 7.25. The number of hydrogen-bond acceptors (Lipinski definition) is 2. The molecule has 3 rings (SSSR count). The van der Waals surface area contributed by atoms with Gasteiger partial charge in [0, 0.05) is 21.8 Å². The van der Waals surface area contributed by atoms with Crippen LogP contribution in [0.5, 0.6) is 0 Å². The fourth-order valence-corrected chi connectivity index (χ4v) is 3.71. The molecule has 32 heavy (non-hydrogen) atoms. The zero-order valence-corrected chi connectivity index (χ0v) is 18.1. The summed E-state index contributed by atoms with van der Waals surface area (Å²) in [6, 6.07) is 9.66. The Morgan fingerprint density at radius 3 is 2.12 bits per heavy atom. The maximum Gasteiger partial charge on any atom is 0.417 e. The number of carbonyl (C=O) groups is 1. The van der Waals surface area contributed by atoms with Gasteiger partial charge in [0.2, 0.25) is 0 Å². The molecule has 0 atom stereocenters. The minimum absolute atomic E-state index is 0.319. The molecule has 0 spiro atoms. The molecule has 0 aliphatic carbocycles. The van der Waals surface area contributed by atoms with Gasteiger partial charge in [0.15, 0.2) is 0 Å². The van der Waals surface area contributed by atoms with E-state index in [9.17, 15) is 26.7 Å². The van der Waals surface area contributed by atoms with Gasteiger partial charge in [0.1, 0.15) is 5.69 Å². The molecule has 2 aromatic carbocycles. The maximum atomic E-state index is 14.7. The molecule has 1 aromatic heterocycles. The normalized spacial score (nSPS) is 12.0. The van der Waals surface area contributed by atoms with Crippen molar-refractivity contribution in [2.45, 2.75) is 12.1 Å². The fraction of sp³-hybridized carbons (Fsp3) is 0.143. The van der Waals surface area contributed by atoms with Crippen molar-refractivity contribution < 1.29 is 26.7 Å². The van der Waals surface area contributed by atoms with E-state index in [2.05, 4.69) is 4.98 Å². The summed E-state index contributed by atoms with van der Waals surface area (Å²) >= 11 is 17.9. The Kier molecular flexibility index (Phi) is 6.97. The van der Waals surface area contributed by atoms with Crippen LogP contribution in [-0.2, 0) is 12.1 Å². The van der Waals surface area contributed by atoms with E-state index in [-0.39, 0.29) is 0 Å². The van der Waals surface area contributed by atoms with E-state index >= 15 is 0 Å². The van der Waals surface area contributed by atoms with Gasteiger partial charge in [-0.3, -0.25) is 9.78 Å². The van der Waals surface area contributed by atoms with Gasteiger partial charge in [-0.2, -0.15) is 22.0 Å². The van der Waals surface area contributed by atoms with Crippen LogP contribution in [0.4, 0.5) is 22.0 Å². The summed E-state index contributed by atoms with van der Waals surface area (Å²) in [5.74, 6) is -5.07. The number of rotatable bonds is 5. The predicted molar refractivity (Wildman–Crippen MR) is 112 cm³/mol. The number of benzene rings is 2. The Labute approximate surface area is 194 Å². The van der Waals surface area contributed by atoms with Gasteiger partial charge in [-0.25, -0.2) is 0 Å². The lowest BCUT2D eigenvalue weighted by Gasteiger charge is -2.19. The van der Waals surface area contributed by atoms with Crippen LogP contribution in [0.1, 0.15) is 21.6 Å². The number of aromatic nitrogens is 1. The van der Waals surface area contributed by atoms with E-state index < -0.39 is 46.4 Å². The van der Waals surface area contributed by atoms with Gasteiger partial charge in [-0.1, -0.05) is 46.9 Å². The highest BCUT2D eigenvalue weighted by molar-refractivity contribution is 6.35. The molecule has 11 heteroatoms. The Morgan fingerprint density at radius 2 is 1.53 bits per heavy atom. The summed E-state index contributed by atoms with van der Waals surface area (Å²) in [5.41, 5.74) is -2.00. The first-order chi connectivity index (χ1) is 14.9. The van der Waals surface area contributed by atoms with Crippen molar-refractivity contribution in [3.63, 3.8) is 0 Å². The first-order valence-corrected chi connectivity index (χ1v) is 9.96. The average Bonchev–Trinajstić information content (AvgIpc) is 2.70. The summed E-state index contributed by atoms with van der Waals surface area (Å²) in [4.78, 5) is 15.8. The first-order valence-electron chi connectivity index (χ1n) is 8.83. The Bertz CT molecular complexity index is 1150. The zero-order valence-electron chi connectivity index (χ0n) is 15.8. The average molecular weight is 510 g/mol. The zero-order chi connectivity index (χ0) is 23.7. The van der Waals surface area contributed by atoms with E-state index in [4.69, 9.17) is 34.8 Å². The van der Waals surface area contributed by atoms with Crippen LogP contribution in [0.15, 0.2) is 54.7 Å². The lowest BCUT2D eigenvalue weighted by molar-refractivity contribution is -0.137. The third kappa shape index (κ3) is 5.49. The number of hydrogen-bond donors (Lipinski definition) is 1. The van der Waals surface area contributed by atoms with Gasteiger partial charge in [-0.15, -0.1) is 0 Å². The molecule has 3 aromatic rings. The van der Waals surface area contributed by atoms with E-state index in [1.54, 1.807) is 0 Å². The lowest BCUT2D eigenvalue weighted by Crippen LogP contribution is -2.36. The molecule has 3 nitrogen and oxygen atoms in total. The quantitative estimate of drug-likeness (QED) is 0.368. The third-order valence-electron chi connectivity index (χ3n) is 4.33. The SMILES string of the molecule is O=C(NCC(F)(F)c1ncc(-c2cc(Cl)cc(Cl)c2)cc1Cl)c1ccccc1C(F)(F)F. The summed E-state index contributed by atoms with van der Waals surface area (Å²) in [7, 11) is 0. The molecule has 0 saturated carbocycles. The van der Waals surface area contributed by atoms with Gasteiger partial charge < -0.3 is 5.32 Å². The van der Waals surface area contributed by atoms with Crippen LogP contribution in [0.2, 0.25) is 15.1 Å². The van der Waals surface area contributed by atoms with Crippen molar-refractivity contribution in [3.8, 4) is 11.1 Å². The molecule has 168 valence electrons. The van der Waals surface area contributed by atoms with Crippen LogP contribution in [-0.4, -0.2) is 17.4 Å². The molecule has 0 radical (unpaired) electrons. The Morgan fingerprint density at radius 1 is 0.906 bits per heavy atom.